The molecule has 1 unspecified atom stereocenters. The van der Waals surface area contributed by atoms with Crippen LogP contribution in [0.25, 0.3) is 0 Å². The lowest BCUT2D eigenvalue weighted by Gasteiger charge is -2.37. The van der Waals surface area contributed by atoms with E-state index in [2.05, 4.69) is 10.6 Å². The molecule has 13 nitrogen and oxygen atoms in total. The SMILES string of the molecule is CC(C)(C)OC(=O)CC(CS[C@H]1NC(=O)[C@H]1NC(=O)COc1ccccc1)C(=O)C(=O)OCc1ccc([N+](=O)[O-])cc1. The quantitative estimate of drug-likeness (QED) is 0.107. The zero-order valence-electron chi connectivity index (χ0n) is 23.2. The van der Waals surface area contributed by atoms with Gasteiger partial charge >= 0.3 is 11.9 Å². The van der Waals surface area contributed by atoms with Crippen molar-refractivity contribution >= 4 is 47.0 Å². The third kappa shape index (κ3) is 9.87. The number of ketones is 1. The van der Waals surface area contributed by atoms with E-state index in [-0.39, 0.29) is 24.7 Å². The largest absolute Gasteiger partial charge is 0.484 e. The van der Waals surface area contributed by atoms with Gasteiger partial charge in [0.1, 0.15) is 29.4 Å². The number of para-hydroxylation sites is 1. The van der Waals surface area contributed by atoms with Crippen LogP contribution in [0.1, 0.15) is 32.8 Å². The minimum atomic E-state index is -1.19. The molecule has 2 aromatic rings. The van der Waals surface area contributed by atoms with Crippen LogP contribution in [0, 0.1) is 16.0 Å². The maximum Gasteiger partial charge on any atom is 0.375 e. The molecule has 2 amide bonds. The molecule has 42 heavy (non-hydrogen) atoms. The second-order valence-electron chi connectivity index (χ2n) is 10.3. The third-order valence-electron chi connectivity index (χ3n) is 5.70. The smallest absolute Gasteiger partial charge is 0.375 e. The van der Waals surface area contributed by atoms with Crippen LogP contribution < -0.4 is 15.4 Å². The number of β-lactam (4-membered cyclic amide) rings is 1. The summed E-state index contributed by atoms with van der Waals surface area (Å²) in [5.41, 5.74) is -0.545. The number of amides is 2. The highest BCUT2D eigenvalue weighted by molar-refractivity contribution is 8.00. The molecule has 0 bridgehead atoms. The van der Waals surface area contributed by atoms with Crippen molar-refractivity contribution < 1.29 is 43.1 Å². The molecule has 3 atom stereocenters. The lowest BCUT2D eigenvalue weighted by atomic mass is 10.0. The normalized spacial score (nSPS) is 16.7. The van der Waals surface area contributed by atoms with E-state index in [1.165, 1.54) is 24.3 Å². The van der Waals surface area contributed by atoms with Crippen LogP contribution in [0.5, 0.6) is 5.75 Å². The molecule has 1 aliphatic heterocycles. The van der Waals surface area contributed by atoms with Crippen LogP contribution in [-0.4, -0.2) is 63.8 Å². The Labute approximate surface area is 245 Å². The van der Waals surface area contributed by atoms with Gasteiger partial charge in [0, 0.05) is 23.8 Å². The Hall–Kier alpha value is -4.46. The monoisotopic (exact) mass is 601 g/mol. The Bertz CT molecular complexity index is 1310. The first-order chi connectivity index (χ1) is 19.8. The number of carbonyl (C=O) groups excluding carboxylic acids is 5. The van der Waals surface area contributed by atoms with Crippen LogP contribution >= 0.6 is 11.8 Å². The predicted octanol–water partition coefficient (Wildman–Crippen LogP) is 2.31. The van der Waals surface area contributed by atoms with Gasteiger partial charge in [0.2, 0.25) is 11.7 Å². The van der Waals surface area contributed by atoms with Gasteiger partial charge < -0.3 is 24.8 Å². The van der Waals surface area contributed by atoms with Gasteiger partial charge in [-0.15, -0.1) is 11.8 Å². The summed E-state index contributed by atoms with van der Waals surface area (Å²) in [7, 11) is 0. The van der Waals surface area contributed by atoms with E-state index in [1.807, 2.05) is 0 Å². The number of benzene rings is 2. The van der Waals surface area contributed by atoms with Crippen LogP contribution in [0.3, 0.4) is 0 Å². The number of thioether (sulfide) groups is 1. The molecule has 0 saturated carbocycles. The minimum Gasteiger partial charge on any atom is -0.484 e. The standard InChI is InChI=1S/C28H31N3O10S/c1-28(2,3)41-22(33)13-18(24(34)27(36)40-14-17-9-11-19(12-10-17)31(37)38)16-42-26-23(25(35)30-26)29-21(32)15-39-20-7-5-4-6-8-20/h4-12,18,23,26H,13-16H2,1-3H3,(H,29,32)(H,30,35)/t18?,23-,26-/m1/s1. The zero-order chi connectivity index (χ0) is 30.9. The van der Waals surface area contributed by atoms with Gasteiger partial charge in [0.05, 0.1) is 11.3 Å². The van der Waals surface area contributed by atoms with Crippen LogP contribution in [-0.2, 0) is 40.1 Å². The van der Waals surface area contributed by atoms with E-state index in [0.29, 0.717) is 11.3 Å². The number of nitrogens with zero attached hydrogens (tertiary/aromatic N) is 1. The van der Waals surface area contributed by atoms with Gasteiger partial charge in [-0.25, -0.2) is 4.79 Å². The maximum absolute atomic E-state index is 13.0. The second-order valence-corrected chi connectivity index (χ2v) is 11.4. The lowest BCUT2D eigenvalue weighted by molar-refractivity contribution is -0.384. The van der Waals surface area contributed by atoms with Gasteiger partial charge in [-0.2, -0.15) is 0 Å². The highest BCUT2D eigenvalue weighted by Crippen LogP contribution is 2.26. The average Bonchev–Trinajstić information content (AvgIpc) is 2.94. The van der Waals surface area contributed by atoms with Crippen molar-refractivity contribution in [3.63, 3.8) is 0 Å². The summed E-state index contributed by atoms with van der Waals surface area (Å²) in [4.78, 5) is 72.8. The van der Waals surface area contributed by atoms with Gasteiger partial charge in [0.15, 0.2) is 6.61 Å². The molecular formula is C28H31N3O10S. The molecule has 3 rings (SSSR count). The number of Topliss-reactive ketones (excluding diaryl/α,β-unsaturated/α-hetero) is 1. The van der Waals surface area contributed by atoms with E-state index in [9.17, 15) is 34.1 Å². The molecule has 1 fully saturated rings. The van der Waals surface area contributed by atoms with Crippen LogP contribution in [0.2, 0.25) is 0 Å². The molecule has 2 N–H and O–H groups in total. The fourth-order valence-corrected chi connectivity index (χ4v) is 4.94. The molecule has 1 saturated heterocycles. The molecule has 2 aromatic carbocycles. The lowest BCUT2D eigenvalue weighted by Crippen LogP contribution is -2.68. The van der Waals surface area contributed by atoms with E-state index in [0.717, 1.165) is 11.8 Å². The Morgan fingerprint density at radius 3 is 2.33 bits per heavy atom. The summed E-state index contributed by atoms with van der Waals surface area (Å²) < 4.78 is 15.8. The Morgan fingerprint density at radius 2 is 1.74 bits per heavy atom. The molecule has 0 aliphatic carbocycles. The molecule has 1 aliphatic rings. The number of hydrogen-bond donors (Lipinski definition) is 2. The summed E-state index contributed by atoms with van der Waals surface area (Å²) in [6, 6.07) is 13.0. The summed E-state index contributed by atoms with van der Waals surface area (Å²) in [5.74, 6) is -4.56. The van der Waals surface area contributed by atoms with Crippen molar-refractivity contribution in [2.45, 2.75) is 50.8 Å². The van der Waals surface area contributed by atoms with Gasteiger partial charge in [0.25, 0.3) is 11.6 Å². The first kappa shape index (κ1) is 32.1. The fourth-order valence-electron chi connectivity index (χ4n) is 3.65. The molecular weight excluding hydrogens is 570 g/mol. The number of hydrogen-bond acceptors (Lipinski definition) is 11. The van der Waals surface area contributed by atoms with Crippen LogP contribution in [0.15, 0.2) is 54.6 Å². The first-order valence-electron chi connectivity index (χ1n) is 12.9. The number of ether oxygens (including phenoxy) is 3. The Kier molecular flexibility index (Phi) is 11.0. The topological polar surface area (TPSA) is 180 Å². The molecule has 14 heteroatoms. The van der Waals surface area contributed by atoms with Gasteiger partial charge in [-0.3, -0.25) is 29.3 Å². The van der Waals surface area contributed by atoms with E-state index in [1.54, 1.807) is 51.1 Å². The minimum absolute atomic E-state index is 0.0669. The zero-order valence-corrected chi connectivity index (χ0v) is 24.0. The van der Waals surface area contributed by atoms with Crippen molar-refractivity contribution in [2.75, 3.05) is 12.4 Å². The van der Waals surface area contributed by atoms with E-state index >= 15 is 0 Å². The van der Waals surface area contributed by atoms with Crippen molar-refractivity contribution in [1.29, 1.82) is 0 Å². The van der Waals surface area contributed by atoms with Crippen molar-refractivity contribution in [2.24, 2.45) is 5.92 Å². The number of nitro benzene ring substituents is 1. The summed E-state index contributed by atoms with van der Waals surface area (Å²) in [6.07, 6.45) is -0.418. The first-order valence-corrected chi connectivity index (χ1v) is 13.9. The average molecular weight is 602 g/mol. The van der Waals surface area contributed by atoms with Crippen LogP contribution in [0.4, 0.5) is 5.69 Å². The predicted molar refractivity (Wildman–Crippen MR) is 150 cm³/mol. The van der Waals surface area contributed by atoms with Crippen molar-refractivity contribution in [1.82, 2.24) is 10.6 Å². The van der Waals surface area contributed by atoms with E-state index < -0.39 is 63.8 Å². The number of nitro groups is 1. The number of esters is 2. The van der Waals surface area contributed by atoms with Crippen molar-refractivity contribution in [3.8, 4) is 5.75 Å². The molecule has 224 valence electrons. The van der Waals surface area contributed by atoms with Gasteiger partial charge in [-0.1, -0.05) is 18.2 Å². The molecule has 1 heterocycles. The number of rotatable bonds is 14. The third-order valence-corrected chi connectivity index (χ3v) is 7.04. The fraction of sp³-hybridized carbons (Fsp3) is 0.393. The maximum atomic E-state index is 13.0. The second kappa shape index (κ2) is 14.4. The van der Waals surface area contributed by atoms with Crippen molar-refractivity contribution in [3.05, 3.63) is 70.3 Å². The summed E-state index contributed by atoms with van der Waals surface area (Å²) >= 11 is 1.08. The van der Waals surface area contributed by atoms with E-state index in [4.69, 9.17) is 14.2 Å². The molecule has 0 radical (unpaired) electrons. The highest BCUT2D eigenvalue weighted by Gasteiger charge is 2.42. The summed E-state index contributed by atoms with van der Waals surface area (Å²) in [5, 5.41) is 15.4. The Balaban J connectivity index is 1.58. The summed E-state index contributed by atoms with van der Waals surface area (Å²) in [6.45, 7) is 4.35. The number of carbonyl (C=O) groups is 5. The number of nitrogens with one attached hydrogen (secondary N) is 2. The molecule has 0 spiro atoms. The molecule has 0 aromatic heterocycles. The van der Waals surface area contributed by atoms with Gasteiger partial charge in [-0.05, 0) is 50.6 Å². The highest BCUT2D eigenvalue weighted by atomic mass is 32.2. The Morgan fingerprint density at radius 1 is 1.07 bits per heavy atom. The number of non-ortho nitro benzene ring substituents is 1.